The lowest BCUT2D eigenvalue weighted by Gasteiger charge is -1.48. The minimum Gasteiger partial charge on any atom is -0.198 e. The maximum absolute atomic E-state index is 8.70. The average Bonchev–Trinajstić information content (AvgIpc) is 2.11. The highest BCUT2D eigenvalue weighted by Gasteiger charge is 1.93. The van der Waals surface area contributed by atoms with E-state index >= 15 is 0 Å². The quantitative estimate of drug-likeness (QED) is 0.430. The second kappa shape index (κ2) is 5.30. The van der Waals surface area contributed by atoms with Gasteiger partial charge in [0.2, 0.25) is 0 Å². The molecule has 6 nitrogen and oxygen atoms in total. The molecule has 1 heterocycles. The molecule has 1 aromatic rings. The Balaban J connectivity index is 0.000000148. The molecule has 0 fully saturated rings. The van der Waals surface area contributed by atoms with E-state index in [-0.39, 0.29) is 0 Å². The molecule has 0 aliphatic carbocycles. The first-order valence-corrected chi connectivity index (χ1v) is 3.04. The van der Waals surface area contributed by atoms with Gasteiger partial charge in [-0.25, -0.2) is 0 Å². The molecule has 7 heteroatoms. The van der Waals surface area contributed by atoms with Crippen LogP contribution in [0.1, 0.15) is 0 Å². The van der Waals surface area contributed by atoms with Gasteiger partial charge in [-0.3, -0.25) is 0 Å². The van der Waals surface area contributed by atoms with Crippen LogP contribution in [0.25, 0.3) is 0 Å². The van der Waals surface area contributed by atoms with Gasteiger partial charge in [0.25, 0.3) is 0 Å². The van der Waals surface area contributed by atoms with Crippen LogP contribution in [0.15, 0.2) is 12.4 Å². The van der Waals surface area contributed by atoms with E-state index in [1.165, 1.54) is 0 Å². The summed E-state index contributed by atoms with van der Waals surface area (Å²) in [5, 5.41) is 9.33. The van der Waals surface area contributed by atoms with Gasteiger partial charge < -0.3 is 0 Å². The van der Waals surface area contributed by atoms with Crippen molar-refractivity contribution in [2.75, 3.05) is 0 Å². The summed E-state index contributed by atoms with van der Waals surface area (Å²) in [5.74, 6) is 0. The van der Waals surface area contributed by atoms with Crippen LogP contribution in [-0.2, 0) is 4.57 Å². The molecule has 3 N–H and O–H groups in total. The van der Waals surface area contributed by atoms with Gasteiger partial charge in [0, 0.05) is 4.57 Å². The Morgan fingerprint density at radius 2 is 1.67 bits per heavy atom. The van der Waals surface area contributed by atoms with Crippen LogP contribution in [0, 0.1) is 0 Å². The fourth-order valence-corrected chi connectivity index (χ4v) is 0.167. The van der Waals surface area contributed by atoms with Crippen LogP contribution in [0.4, 0.5) is 0 Å². The van der Waals surface area contributed by atoms with E-state index < -0.39 is 8.25 Å². The third-order valence-corrected chi connectivity index (χ3v) is 0.331. The maximum atomic E-state index is 8.70. The third-order valence-electron chi connectivity index (χ3n) is 0.331. The molecule has 0 saturated carbocycles. The first kappa shape index (κ1) is 8.16. The Hall–Kier alpha value is -0.840. The van der Waals surface area contributed by atoms with E-state index in [4.69, 9.17) is 14.4 Å². The van der Waals surface area contributed by atoms with Gasteiger partial charge in [0.1, 0.15) is 0 Å². The number of nitrogens with one attached hydrogen (secondary N) is 1. The largest absolute Gasteiger partial charge is 0.692 e. The molecule has 9 heavy (non-hydrogen) atoms. The van der Waals surface area contributed by atoms with Crippen LogP contribution in [-0.4, -0.2) is 25.2 Å². The van der Waals surface area contributed by atoms with Gasteiger partial charge in [0.15, 0.2) is 0 Å². The number of hydrogen-bond donors (Lipinski definition) is 3. The van der Waals surface area contributed by atoms with Crippen LogP contribution in [0.5, 0.6) is 0 Å². The topological polar surface area (TPSA) is 99.1 Å². The van der Waals surface area contributed by atoms with Gasteiger partial charge >= 0.3 is 8.25 Å². The molecule has 0 bridgehead atoms. The van der Waals surface area contributed by atoms with Gasteiger partial charge in [-0.05, 0) is 0 Å². The standard InChI is InChI=1S/C2H3N3.HO3P/c1-2-4-5-3-1;1-4(2)3/h1-2H,(H,3,4,5);(H-,1,2,3)/p+1. The molecule has 0 radical (unpaired) electrons. The molecule has 0 aliphatic heterocycles. The highest BCUT2D eigenvalue weighted by molar-refractivity contribution is 7.30. The number of H-pyrrole nitrogens is 1. The zero-order chi connectivity index (χ0) is 7.11. The summed E-state index contributed by atoms with van der Waals surface area (Å²) in [6, 6.07) is 0. The first-order valence-electron chi connectivity index (χ1n) is 1.88. The summed E-state index contributed by atoms with van der Waals surface area (Å²) in [4.78, 5) is 14.2. The zero-order valence-electron chi connectivity index (χ0n) is 4.30. The van der Waals surface area contributed by atoms with Crippen LogP contribution in [0.3, 0.4) is 0 Å². The summed E-state index contributed by atoms with van der Waals surface area (Å²) >= 11 is 0. The lowest BCUT2D eigenvalue weighted by Crippen LogP contribution is -1.61. The van der Waals surface area contributed by atoms with E-state index in [1.54, 1.807) is 12.4 Å². The van der Waals surface area contributed by atoms with E-state index in [1.807, 2.05) is 0 Å². The Kier molecular flexibility index (Phi) is 4.81. The molecule has 0 atom stereocenters. The minimum atomic E-state index is -2.87. The number of nitrogens with zero attached hydrogens (tertiary/aromatic N) is 2. The summed E-state index contributed by atoms with van der Waals surface area (Å²) in [6.45, 7) is 0. The van der Waals surface area contributed by atoms with Gasteiger partial charge in [-0.2, -0.15) is 15.4 Å². The van der Waals surface area contributed by atoms with Crippen molar-refractivity contribution in [3.8, 4) is 0 Å². The second-order valence-electron chi connectivity index (χ2n) is 0.909. The molecule has 0 aromatic carbocycles. The SMILES string of the molecule is O=[P+](O)O.c1cn[nH]n1. The molecule has 0 aliphatic rings. The molecule has 1 rings (SSSR count). The maximum Gasteiger partial charge on any atom is 0.692 e. The van der Waals surface area contributed by atoms with E-state index in [0.717, 1.165) is 0 Å². The summed E-state index contributed by atoms with van der Waals surface area (Å²) in [5.41, 5.74) is 0. The highest BCUT2D eigenvalue weighted by atomic mass is 31.1. The summed E-state index contributed by atoms with van der Waals surface area (Å²) in [7, 11) is -2.87. The number of aromatic amines is 1. The zero-order valence-corrected chi connectivity index (χ0v) is 5.19. The average molecular weight is 150 g/mol. The van der Waals surface area contributed by atoms with E-state index in [9.17, 15) is 0 Å². The Morgan fingerprint density at radius 1 is 1.33 bits per heavy atom. The number of aromatic nitrogens is 3. The van der Waals surface area contributed by atoms with Crippen molar-refractivity contribution in [2.45, 2.75) is 0 Å². The molecule has 0 unspecified atom stereocenters. The Bertz CT molecular complexity index is 131. The van der Waals surface area contributed by atoms with Crippen LogP contribution >= 0.6 is 8.25 Å². The second-order valence-corrected chi connectivity index (χ2v) is 1.41. The van der Waals surface area contributed by atoms with Gasteiger partial charge in [-0.15, -0.1) is 9.79 Å². The van der Waals surface area contributed by atoms with Crippen molar-refractivity contribution >= 4 is 8.25 Å². The molecule has 0 saturated heterocycles. The molecule has 0 spiro atoms. The lowest BCUT2D eigenvalue weighted by atomic mass is 11.0. The van der Waals surface area contributed by atoms with E-state index in [2.05, 4.69) is 15.4 Å². The van der Waals surface area contributed by atoms with Gasteiger partial charge in [0.05, 0.1) is 12.4 Å². The summed E-state index contributed by atoms with van der Waals surface area (Å²) < 4.78 is 8.70. The number of hydrogen-bond acceptors (Lipinski definition) is 3. The number of rotatable bonds is 0. The Labute approximate surface area is 51.5 Å². The van der Waals surface area contributed by atoms with E-state index in [0.29, 0.717) is 0 Å². The van der Waals surface area contributed by atoms with Crippen molar-refractivity contribution in [1.29, 1.82) is 0 Å². The Morgan fingerprint density at radius 3 is 1.78 bits per heavy atom. The summed E-state index contributed by atoms with van der Waals surface area (Å²) in [6.07, 6.45) is 3.17. The fraction of sp³-hybridized carbons (Fsp3) is 0. The first-order chi connectivity index (χ1) is 4.23. The predicted octanol–water partition coefficient (Wildman–Crippen LogP) is -0.567. The molecular weight excluding hydrogens is 145 g/mol. The van der Waals surface area contributed by atoms with Crippen molar-refractivity contribution in [1.82, 2.24) is 15.4 Å². The smallest absolute Gasteiger partial charge is 0.198 e. The molecule has 0 amide bonds. The fourth-order valence-electron chi connectivity index (χ4n) is 0.167. The molecular formula is C2H5N3O3P+. The predicted molar refractivity (Wildman–Crippen MR) is 28.4 cm³/mol. The van der Waals surface area contributed by atoms with Crippen molar-refractivity contribution < 1.29 is 14.4 Å². The normalized spacial score (nSPS) is 7.33. The highest BCUT2D eigenvalue weighted by Crippen LogP contribution is 1.98. The van der Waals surface area contributed by atoms with Crippen molar-refractivity contribution in [2.24, 2.45) is 0 Å². The lowest BCUT2D eigenvalue weighted by molar-refractivity contribution is 0.405. The van der Waals surface area contributed by atoms with Crippen LogP contribution in [0.2, 0.25) is 0 Å². The van der Waals surface area contributed by atoms with Crippen LogP contribution < -0.4 is 0 Å². The van der Waals surface area contributed by atoms with Crippen molar-refractivity contribution in [3.05, 3.63) is 12.4 Å². The molecule has 1 aromatic heterocycles. The molecule has 50 valence electrons. The van der Waals surface area contributed by atoms with Gasteiger partial charge in [-0.1, -0.05) is 0 Å². The van der Waals surface area contributed by atoms with Crippen molar-refractivity contribution in [3.63, 3.8) is 0 Å². The monoisotopic (exact) mass is 150 g/mol. The third kappa shape index (κ3) is 11.0. The minimum absolute atomic E-state index is 1.58.